The molecule has 0 fully saturated rings. The molecular weight excluding hydrogens is 530 g/mol. The summed E-state index contributed by atoms with van der Waals surface area (Å²) in [4.78, 5) is 20.8. The Kier molecular flexibility index (Phi) is 8.71. The number of hydrazine groups is 1. The highest BCUT2D eigenvalue weighted by Gasteiger charge is 2.74. The molecule has 1 amide bonds. The van der Waals surface area contributed by atoms with Gasteiger partial charge in [0, 0.05) is 17.2 Å². The van der Waals surface area contributed by atoms with Gasteiger partial charge in [0.05, 0.1) is 30.6 Å². The van der Waals surface area contributed by atoms with E-state index in [1.807, 2.05) is 5.32 Å². The number of nitrogens with zero attached hydrogens (tertiary/aromatic N) is 2. The summed E-state index contributed by atoms with van der Waals surface area (Å²) in [6.45, 7) is -0.246. The second-order valence-electron chi connectivity index (χ2n) is 6.73. The summed E-state index contributed by atoms with van der Waals surface area (Å²) in [5.74, 6) is -11.1. The molecule has 0 aliphatic rings. The minimum Gasteiger partial charge on any atom is -0.313 e. The average molecular weight is 547 g/mol. The summed E-state index contributed by atoms with van der Waals surface area (Å²) in [5, 5.41) is 10.4. The second-order valence-corrected chi connectivity index (χ2v) is 7.76. The predicted molar refractivity (Wildman–Crippen MR) is 113 cm³/mol. The van der Waals surface area contributed by atoms with Gasteiger partial charge in [-0.2, -0.15) is 30.7 Å². The molecule has 0 aliphatic carbocycles. The van der Waals surface area contributed by atoms with Crippen LogP contribution in [0, 0.1) is 11.2 Å². The molecule has 7 N–H and O–H groups in total. The number of amidine groups is 1. The molecule has 18 heteroatoms. The molecule has 2 rings (SSSR count). The van der Waals surface area contributed by atoms with Crippen molar-refractivity contribution in [2.75, 3.05) is 24.6 Å². The molecule has 1 aromatic carbocycles. The van der Waals surface area contributed by atoms with Gasteiger partial charge < -0.3 is 11.1 Å². The normalized spacial score (nSPS) is 12.3. The fourth-order valence-corrected chi connectivity index (χ4v) is 3.28. The molecule has 1 heterocycles. The number of pyridine rings is 1. The van der Waals surface area contributed by atoms with Gasteiger partial charge in [-0.25, -0.2) is 15.2 Å². The second kappa shape index (κ2) is 10.8. The summed E-state index contributed by atoms with van der Waals surface area (Å²) < 4.78 is 106. The highest BCUT2D eigenvalue weighted by molar-refractivity contribution is 8.13. The van der Waals surface area contributed by atoms with Gasteiger partial charge in [-0.05, 0) is 18.2 Å². The third-order valence-corrected chi connectivity index (χ3v) is 5.30. The van der Waals surface area contributed by atoms with Gasteiger partial charge in [0.15, 0.2) is 5.17 Å². The maximum absolute atomic E-state index is 14.2. The Morgan fingerprint density at radius 2 is 1.83 bits per heavy atom. The first-order valence-corrected chi connectivity index (χ1v) is 10.1. The van der Waals surface area contributed by atoms with Crippen molar-refractivity contribution in [3.63, 3.8) is 0 Å². The largest absolute Gasteiger partial charge is 0.460 e. The van der Waals surface area contributed by atoms with Crippen LogP contribution in [0.1, 0.15) is 15.9 Å². The lowest BCUT2D eigenvalue weighted by atomic mass is 10.0. The highest BCUT2D eigenvalue weighted by Crippen LogP contribution is 2.52. The van der Waals surface area contributed by atoms with Crippen molar-refractivity contribution in [3.05, 3.63) is 47.4 Å². The molecule has 0 saturated carbocycles. The van der Waals surface area contributed by atoms with E-state index in [1.165, 1.54) is 25.3 Å². The van der Waals surface area contributed by atoms with Crippen molar-refractivity contribution in [2.24, 2.45) is 11.6 Å². The highest BCUT2D eigenvalue weighted by atomic mass is 32.2. The number of amides is 1. The van der Waals surface area contributed by atoms with Crippen LogP contribution in [0.4, 0.5) is 46.6 Å². The molecule has 0 radical (unpaired) electrons. The van der Waals surface area contributed by atoms with Gasteiger partial charge in [0.25, 0.3) is 5.91 Å². The van der Waals surface area contributed by atoms with Crippen LogP contribution in [0.5, 0.6) is 0 Å². The number of carbonyl (C=O) groups excluding carboxylic acids is 1. The fraction of sp³-hybridized carbons (Fsp3) is 0.278. The van der Waals surface area contributed by atoms with E-state index in [-0.39, 0.29) is 40.2 Å². The van der Waals surface area contributed by atoms with Crippen LogP contribution in [0.3, 0.4) is 0 Å². The molecule has 0 aliphatic heterocycles. The SMILES string of the molecule is CONc1ccc(SC(=N)N(N)CN)c(C(=O)Nc2cc(F)c(C(F)(F)C(F)(F)C(F)(F)F)cn2)c1. The van der Waals surface area contributed by atoms with E-state index in [9.17, 15) is 39.9 Å². The third kappa shape index (κ3) is 5.94. The zero-order valence-electron chi connectivity index (χ0n) is 17.9. The topological polar surface area (TPSA) is 142 Å². The Balaban J connectivity index is 2.39. The number of hydrogen-bond donors (Lipinski definition) is 5. The quantitative estimate of drug-likeness (QED) is 0.0638. The smallest absolute Gasteiger partial charge is 0.313 e. The number of thioether (sulfide) groups is 1. The van der Waals surface area contributed by atoms with Crippen molar-refractivity contribution < 1.29 is 44.8 Å². The first-order chi connectivity index (χ1) is 16.6. The zero-order valence-corrected chi connectivity index (χ0v) is 18.7. The number of halogens is 8. The van der Waals surface area contributed by atoms with E-state index in [2.05, 4.69) is 10.5 Å². The average Bonchev–Trinajstić information content (AvgIpc) is 2.78. The maximum atomic E-state index is 14.2. The molecule has 9 nitrogen and oxygen atoms in total. The van der Waals surface area contributed by atoms with E-state index < -0.39 is 41.1 Å². The summed E-state index contributed by atoms with van der Waals surface area (Å²) in [6.07, 6.45) is -6.92. The first-order valence-electron chi connectivity index (χ1n) is 9.28. The molecular formula is C18H17F8N7O2S. The van der Waals surface area contributed by atoms with Crippen LogP contribution in [-0.4, -0.2) is 46.9 Å². The molecule has 0 saturated heterocycles. The van der Waals surface area contributed by atoms with Gasteiger partial charge in [-0.15, -0.1) is 0 Å². The Morgan fingerprint density at radius 3 is 2.36 bits per heavy atom. The van der Waals surface area contributed by atoms with Crippen molar-refractivity contribution in [1.82, 2.24) is 9.99 Å². The van der Waals surface area contributed by atoms with Gasteiger partial charge in [-0.1, -0.05) is 11.8 Å². The summed E-state index contributed by atoms with van der Waals surface area (Å²) in [5.41, 5.74) is 5.45. The van der Waals surface area contributed by atoms with Crippen molar-refractivity contribution in [1.29, 1.82) is 5.41 Å². The van der Waals surface area contributed by atoms with Crippen LogP contribution in [-0.2, 0) is 10.8 Å². The lowest BCUT2D eigenvalue weighted by Crippen LogP contribution is -2.50. The molecule has 0 spiro atoms. The summed E-state index contributed by atoms with van der Waals surface area (Å²) in [7, 11) is 1.26. The molecule has 2 aromatic rings. The Bertz CT molecular complexity index is 1130. The number of aromatic nitrogens is 1. The standard InChI is InChI=1S/C18H17F8N7O2S/c1-35-32-8-2-3-12(36-15(28)33(29)7-27)9(4-8)14(34)31-13-5-11(19)10(6-30-13)16(20,21)17(22,23)18(24,25)26/h2-6,28,32H,7,27,29H2,1H3,(H,30,31,34). The van der Waals surface area contributed by atoms with E-state index in [0.29, 0.717) is 11.8 Å². The minimum absolute atomic E-state index is 0.0513. The number of benzene rings is 1. The summed E-state index contributed by atoms with van der Waals surface area (Å²) >= 11 is 0.674. The number of nitrogens with one attached hydrogen (secondary N) is 3. The summed E-state index contributed by atoms with van der Waals surface area (Å²) in [6, 6.07) is 4.06. The van der Waals surface area contributed by atoms with E-state index in [0.717, 1.165) is 5.01 Å². The van der Waals surface area contributed by atoms with Gasteiger partial charge in [0.2, 0.25) is 0 Å². The molecule has 198 valence electrons. The molecule has 36 heavy (non-hydrogen) atoms. The Morgan fingerprint density at radius 1 is 1.19 bits per heavy atom. The zero-order chi connectivity index (χ0) is 27.5. The number of nitrogens with two attached hydrogens (primary N) is 2. The van der Waals surface area contributed by atoms with Gasteiger partial charge in [0.1, 0.15) is 11.6 Å². The van der Waals surface area contributed by atoms with Crippen molar-refractivity contribution >= 4 is 34.3 Å². The van der Waals surface area contributed by atoms with Crippen LogP contribution in [0.25, 0.3) is 0 Å². The molecule has 0 bridgehead atoms. The number of carbonyl (C=O) groups is 1. The van der Waals surface area contributed by atoms with E-state index in [4.69, 9.17) is 21.8 Å². The van der Waals surface area contributed by atoms with Crippen molar-refractivity contribution in [3.8, 4) is 0 Å². The van der Waals surface area contributed by atoms with Gasteiger partial charge in [-0.3, -0.25) is 25.5 Å². The number of alkyl halides is 7. The maximum Gasteiger partial charge on any atom is 0.460 e. The number of rotatable bonds is 8. The van der Waals surface area contributed by atoms with Crippen LogP contribution < -0.4 is 22.4 Å². The predicted octanol–water partition coefficient (Wildman–Crippen LogP) is 3.85. The number of hydrogen-bond acceptors (Lipinski definition) is 8. The van der Waals surface area contributed by atoms with Gasteiger partial charge >= 0.3 is 18.0 Å². The lowest BCUT2D eigenvalue weighted by molar-refractivity contribution is -0.360. The molecule has 1 aromatic heterocycles. The monoisotopic (exact) mass is 547 g/mol. The lowest BCUT2D eigenvalue weighted by Gasteiger charge is -2.28. The van der Waals surface area contributed by atoms with Crippen LogP contribution >= 0.6 is 11.8 Å². The third-order valence-electron chi connectivity index (χ3n) is 4.29. The Hall–Kier alpha value is -3.22. The van der Waals surface area contributed by atoms with E-state index >= 15 is 0 Å². The van der Waals surface area contributed by atoms with Crippen molar-refractivity contribution in [2.45, 2.75) is 22.9 Å². The minimum atomic E-state index is -6.68. The van der Waals surface area contributed by atoms with Crippen LogP contribution in [0.15, 0.2) is 35.4 Å². The van der Waals surface area contributed by atoms with Crippen LogP contribution in [0.2, 0.25) is 0 Å². The Labute approximate surface area is 201 Å². The molecule has 0 atom stereocenters. The fourth-order valence-electron chi connectivity index (χ4n) is 2.48. The molecule has 0 unspecified atom stereocenters. The first kappa shape index (κ1) is 29.0. The van der Waals surface area contributed by atoms with E-state index in [1.54, 1.807) is 0 Å². The number of anilines is 2.